The van der Waals surface area contributed by atoms with Crippen molar-refractivity contribution in [2.24, 2.45) is 0 Å². The second-order valence-electron chi connectivity index (χ2n) is 5.36. The van der Waals surface area contributed by atoms with Gasteiger partial charge in [0.15, 0.2) is 0 Å². The van der Waals surface area contributed by atoms with Crippen LogP contribution in [0.25, 0.3) is 0 Å². The van der Waals surface area contributed by atoms with Gasteiger partial charge in [0.25, 0.3) is 5.91 Å². The van der Waals surface area contributed by atoms with Gasteiger partial charge in [-0.2, -0.15) is 0 Å². The van der Waals surface area contributed by atoms with Crippen molar-refractivity contribution < 1.29 is 14.3 Å². The minimum absolute atomic E-state index is 0.180. The molecule has 0 saturated carbocycles. The van der Waals surface area contributed by atoms with E-state index >= 15 is 0 Å². The lowest BCUT2D eigenvalue weighted by Gasteiger charge is -2.24. The van der Waals surface area contributed by atoms with Crippen molar-refractivity contribution in [3.63, 3.8) is 0 Å². The topological polar surface area (TPSA) is 73.4 Å². The first-order chi connectivity index (χ1) is 10.5. The maximum atomic E-state index is 13.4. The summed E-state index contributed by atoms with van der Waals surface area (Å²) in [5.74, 6) is -0.683. The van der Waals surface area contributed by atoms with Crippen molar-refractivity contribution in [2.75, 3.05) is 6.54 Å². The molecule has 1 aromatic heterocycles. The molecule has 1 aromatic carbocycles. The molecule has 0 radical (unpaired) electrons. The smallest absolute Gasteiger partial charge is 0.255 e. The lowest BCUT2D eigenvalue weighted by Crippen LogP contribution is -2.32. The highest BCUT2D eigenvalue weighted by atomic mass is 19.1. The van der Waals surface area contributed by atoms with Crippen molar-refractivity contribution in [2.45, 2.75) is 18.6 Å². The lowest BCUT2D eigenvalue weighted by molar-refractivity contribution is 0.0715. The maximum absolute atomic E-state index is 13.4. The minimum atomic E-state index is -0.653. The first-order valence-corrected chi connectivity index (χ1v) is 6.98. The highest BCUT2D eigenvalue weighted by Crippen LogP contribution is 2.33. The van der Waals surface area contributed by atoms with Gasteiger partial charge in [0.05, 0.1) is 17.7 Å². The van der Waals surface area contributed by atoms with Crippen LogP contribution in [0.1, 0.15) is 28.4 Å². The van der Waals surface area contributed by atoms with Crippen molar-refractivity contribution in [3.05, 3.63) is 69.9 Å². The molecular weight excluding hydrogens is 287 g/mol. The molecule has 1 amide bonds. The fourth-order valence-corrected chi connectivity index (χ4v) is 2.78. The fourth-order valence-electron chi connectivity index (χ4n) is 2.78. The zero-order valence-electron chi connectivity index (χ0n) is 11.7. The molecule has 2 atom stereocenters. The van der Waals surface area contributed by atoms with Gasteiger partial charge in [0.2, 0.25) is 5.56 Å². The summed E-state index contributed by atoms with van der Waals surface area (Å²) < 4.78 is 13.4. The summed E-state index contributed by atoms with van der Waals surface area (Å²) in [6, 6.07) is 8.35. The number of nitrogens with zero attached hydrogens (tertiary/aromatic N) is 1. The van der Waals surface area contributed by atoms with Crippen molar-refractivity contribution >= 4 is 5.91 Å². The Hall–Kier alpha value is -2.47. The highest BCUT2D eigenvalue weighted by molar-refractivity contribution is 5.94. The Kier molecular flexibility index (Phi) is 3.77. The molecule has 2 aromatic rings. The van der Waals surface area contributed by atoms with Crippen LogP contribution in [0.4, 0.5) is 4.39 Å². The van der Waals surface area contributed by atoms with Gasteiger partial charge in [0, 0.05) is 18.8 Å². The van der Waals surface area contributed by atoms with E-state index in [1.807, 2.05) is 0 Å². The van der Waals surface area contributed by atoms with Crippen LogP contribution in [0.2, 0.25) is 0 Å². The molecule has 6 heteroatoms. The number of likely N-dealkylation sites (tertiary alicyclic amines) is 1. The van der Waals surface area contributed by atoms with Crippen LogP contribution in [0, 0.1) is 5.82 Å². The van der Waals surface area contributed by atoms with E-state index in [0.29, 0.717) is 17.5 Å². The second kappa shape index (κ2) is 5.73. The van der Waals surface area contributed by atoms with E-state index in [1.54, 1.807) is 12.1 Å². The van der Waals surface area contributed by atoms with E-state index in [-0.39, 0.29) is 29.9 Å². The van der Waals surface area contributed by atoms with Crippen LogP contribution in [-0.2, 0) is 0 Å². The Balaban J connectivity index is 1.92. The summed E-state index contributed by atoms with van der Waals surface area (Å²) in [6.07, 6.45) is 1.05. The van der Waals surface area contributed by atoms with Crippen LogP contribution in [-0.4, -0.2) is 33.5 Å². The summed E-state index contributed by atoms with van der Waals surface area (Å²) in [4.78, 5) is 27.6. The Bertz CT molecular complexity index is 739. The van der Waals surface area contributed by atoms with E-state index < -0.39 is 6.10 Å². The van der Waals surface area contributed by atoms with Gasteiger partial charge in [0.1, 0.15) is 5.82 Å². The standard InChI is InChI=1S/C16H15FN2O3/c17-12-3-1-2-10(6-12)14-7-13(20)9-19(14)16(22)11-4-5-15(21)18-8-11/h1-6,8,13-14,20H,7,9H2,(H,18,21)/t13-,14-/m0/s1. The minimum Gasteiger partial charge on any atom is -0.391 e. The highest BCUT2D eigenvalue weighted by Gasteiger charge is 2.35. The molecule has 2 N–H and O–H groups in total. The van der Waals surface area contributed by atoms with Crippen LogP contribution >= 0.6 is 0 Å². The van der Waals surface area contributed by atoms with Gasteiger partial charge in [-0.15, -0.1) is 0 Å². The molecule has 0 bridgehead atoms. The summed E-state index contributed by atoms with van der Waals surface area (Å²) in [5.41, 5.74) is 0.684. The molecule has 0 spiro atoms. The molecular formula is C16H15FN2O3. The molecule has 1 aliphatic heterocycles. The molecule has 1 saturated heterocycles. The Morgan fingerprint density at radius 3 is 2.82 bits per heavy atom. The summed E-state index contributed by atoms with van der Waals surface area (Å²) in [6.45, 7) is 0.180. The number of nitrogens with one attached hydrogen (secondary N) is 1. The van der Waals surface area contributed by atoms with E-state index in [1.165, 1.54) is 35.4 Å². The third-order valence-corrected chi connectivity index (χ3v) is 3.80. The average molecular weight is 302 g/mol. The van der Waals surface area contributed by atoms with Crippen LogP contribution in [0.15, 0.2) is 47.4 Å². The van der Waals surface area contributed by atoms with E-state index in [0.717, 1.165) is 0 Å². The Morgan fingerprint density at radius 2 is 2.14 bits per heavy atom. The largest absolute Gasteiger partial charge is 0.391 e. The first kappa shape index (κ1) is 14.5. The van der Waals surface area contributed by atoms with Gasteiger partial charge >= 0.3 is 0 Å². The van der Waals surface area contributed by atoms with Crippen LogP contribution in [0.5, 0.6) is 0 Å². The molecule has 114 valence electrons. The number of aromatic amines is 1. The monoisotopic (exact) mass is 302 g/mol. The number of halogens is 1. The molecule has 1 aliphatic rings. The Morgan fingerprint density at radius 1 is 1.32 bits per heavy atom. The number of benzene rings is 1. The number of H-pyrrole nitrogens is 1. The SMILES string of the molecule is O=C(c1ccc(=O)[nH]c1)N1C[C@@H](O)C[C@H]1c1cccc(F)c1. The van der Waals surface area contributed by atoms with Crippen molar-refractivity contribution in [3.8, 4) is 0 Å². The molecule has 22 heavy (non-hydrogen) atoms. The first-order valence-electron chi connectivity index (χ1n) is 6.98. The second-order valence-corrected chi connectivity index (χ2v) is 5.36. The Labute approximate surface area is 126 Å². The summed E-state index contributed by atoms with van der Waals surface area (Å²) in [7, 11) is 0. The number of aliphatic hydroxyl groups is 1. The normalized spacial score (nSPS) is 21.1. The number of rotatable bonds is 2. The van der Waals surface area contributed by atoms with Gasteiger partial charge in [-0.05, 0) is 30.2 Å². The third-order valence-electron chi connectivity index (χ3n) is 3.80. The molecule has 0 unspecified atom stereocenters. The number of carbonyl (C=O) groups excluding carboxylic acids is 1. The lowest BCUT2D eigenvalue weighted by atomic mass is 10.0. The third kappa shape index (κ3) is 2.78. The number of carbonyl (C=O) groups is 1. The number of hydrogen-bond acceptors (Lipinski definition) is 3. The fraction of sp³-hybridized carbons (Fsp3) is 0.250. The van der Waals surface area contributed by atoms with Crippen molar-refractivity contribution in [1.29, 1.82) is 0 Å². The summed E-state index contributed by atoms with van der Waals surface area (Å²) >= 11 is 0. The maximum Gasteiger partial charge on any atom is 0.255 e. The van der Waals surface area contributed by atoms with E-state index in [4.69, 9.17) is 0 Å². The van der Waals surface area contributed by atoms with Gasteiger partial charge < -0.3 is 15.0 Å². The van der Waals surface area contributed by atoms with Crippen LogP contribution in [0.3, 0.4) is 0 Å². The number of pyridine rings is 1. The predicted molar refractivity (Wildman–Crippen MR) is 77.9 cm³/mol. The van der Waals surface area contributed by atoms with E-state index in [2.05, 4.69) is 4.98 Å². The number of amides is 1. The molecule has 5 nitrogen and oxygen atoms in total. The number of β-amino-alcohol motifs (C(OH)–C–C–N with tert-alkyl or cyclic N) is 1. The molecule has 3 rings (SSSR count). The number of aromatic nitrogens is 1. The van der Waals surface area contributed by atoms with Crippen LogP contribution < -0.4 is 5.56 Å². The van der Waals surface area contributed by atoms with Gasteiger partial charge in [-0.1, -0.05) is 12.1 Å². The zero-order chi connectivity index (χ0) is 15.7. The average Bonchev–Trinajstić information content (AvgIpc) is 2.89. The number of hydrogen-bond donors (Lipinski definition) is 2. The zero-order valence-corrected chi connectivity index (χ0v) is 11.7. The van der Waals surface area contributed by atoms with E-state index in [9.17, 15) is 19.1 Å². The molecule has 0 aliphatic carbocycles. The number of aliphatic hydroxyl groups excluding tert-OH is 1. The van der Waals surface area contributed by atoms with Gasteiger partial charge in [-0.25, -0.2) is 4.39 Å². The summed E-state index contributed by atoms with van der Waals surface area (Å²) in [5, 5.41) is 9.90. The van der Waals surface area contributed by atoms with Gasteiger partial charge in [-0.3, -0.25) is 9.59 Å². The predicted octanol–water partition coefficient (Wildman–Crippen LogP) is 1.46. The van der Waals surface area contributed by atoms with Crippen molar-refractivity contribution in [1.82, 2.24) is 9.88 Å². The molecule has 2 heterocycles. The molecule has 1 fully saturated rings. The quantitative estimate of drug-likeness (QED) is 0.882.